The van der Waals surface area contributed by atoms with Gasteiger partial charge in [0.25, 0.3) is 0 Å². The molecule has 2 aliphatic rings. The van der Waals surface area contributed by atoms with E-state index in [4.69, 9.17) is 4.74 Å². The summed E-state index contributed by atoms with van der Waals surface area (Å²) >= 11 is 0. The molecule has 3 rings (SSSR count). The quantitative estimate of drug-likeness (QED) is 0.828. The van der Waals surface area contributed by atoms with Crippen molar-refractivity contribution in [2.45, 2.75) is 38.0 Å². The molecule has 1 aromatic carbocycles. The number of hydrogen-bond donors (Lipinski definition) is 0. The summed E-state index contributed by atoms with van der Waals surface area (Å²) < 4.78 is 5.12. The Morgan fingerprint density at radius 3 is 2.62 bits per heavy atom. The molecule has 2 bridgehead atoms. The number of benzene rings is 1. The van der Waals surface area contributed by atoms with Gasteiger partial charge in [0.1, 0.15) is 11.7 Å². The van der Waals surface area contributed by atoms with Crippen LogP contribution in [0, 0.1) is 29.1 Å². The van der Waals surface area contributed by atoms with E-state index in [0.29, 0.717) is 12.3 Å². The minimum atomic E-state index is -0.630. The monoisotopic (exact) mass is 283 g/mol. The van der Waals surface area contributed by atoms with Crippen LogP contribution in [-0.2, 0) is 4.79 Å². The van der Waals surface area contributed by atoms with Gasteiger partial charge in [0.2, 0.25) is 0 Å². The van der Waals surface area contributed by atoms with Crippen molar-refractivity contribution in [3.05, 3.63) is 29.8 Å². The van der Waals surface area contributed by atoms with Crippen molar-refractivity contribution >= 4 is 5.78 Å². The molecular weight excluding hydrogens is 262 g/mol. The topological polar surface area (TPSA) is 50.1 Å². The van der Waals surface area contributed by atoms with E-state index in [2.05, 4.69) is 6.07 Å². The standard InChI is InChI=1S/C18H21NO2/c1-21-16-6-4-13(5-7-16)17(11-19)18(20)10-15-9-12-2-3-14(15)8-12/h4-7,12,14-15,17H,2-3,8-10H2,1H3. The molecule has 0 aliphatic heterocycles. The minimum absolute atomic E-state index is 0.0835. The fourth-order valence-electron chi connectivity index (χ4n) is 4.13. The first-order valence-corrected chi connectivity index (χ1v) is 7.77. The van der Waals surface area contributed by atoms with Crippen LogP contribution < -0.4 is 4.74 Å². The number of hydrogen-bond acceptors (Lipinski definition) is 3. The minimum Gasteiger partial charge on any atom is -0.497 e. The van der Waals surface area contributed by atoms with Gasteiger partial charge >= 0.3 is 0 Å². The Balaban J connectivity index is 1.67. The number of methoxy groups -OCH3 is 1. The Hall–Kier alpha value is -1.82. The van der Waals surface area contributed by atoms with Crippen LogP contribution in [0.25, 0.3) is 0 Å². The van der Waals surface area contributed by atoms with Crippen LogP contribution in [0.15, 0.2) is 24.3 Å². The van der Waals surface area contributed by atoms with Crippen molar-refractivity contribution < 1.29 is 9.53 Å². The van der Waals surface area contributed by atoms with E-state index in [0.717, 1.165) is 23.1 Å². The van der Waals surface area contributed by atoms with Gasteiger partial charge in [-0.1, -0.05) is 18.6 Å². The van der Waals surface area contributed by atoms with Crippen LogP contribution in [0.3, 0.4) is 0 Å². The Kier molecular flexibility index (Phi) is 3.96. The lowest BCUT2D eigenvalue weighted by atomic mass is 9.82. The normalized spacial score (nSPS) is 28.1. The molecule has 2 saturated carbocycles. The molecular formula is C18H21NO2. The lowest BCUT2D eigenvalue weighted by Crippen LogP contribution is -2.19. The van der Waals surface area contributed by atoms with Gasteiger partial charge in [0.05, 0.1) is 13.2 Å². The summed E-state index contributed by atoms with van der Waals surface area (Å²) in [7, 11) is 1.61. The van der Waals surface area contributed by atoms with Crippen LogP contribution in [0.1, 0.15) is 43.6 Å². The Morgan fingerprint density at radius 2 is 2.10 bits per heavy atom. The van der Waals surface area contributed by atoms with Crippen molar-refractivity contribution in [3.8, 4) is 11.8 Å². The molecule has 3 nitrogen and oxygen atoms in total. The highest BCUT2D eigenvalue weighted by Gasteiger charge is 2.40. The molecule has 3 heteroatoms. The highest BCUT2D eigenvalue weighted by atomic mass is 16.5. The fourth-order valence-corrected chi connectivity index (χ4v) is 4.13. The second-order valence-electron chi connectivity index (χ2n) is 6.44. The van der Waals surface area contributed by atoms with Gasteiger partial charge in [-0.2, -0.15) is 5.26 Å². The van der Waals surface area contributed by atoms with Gasteiger partial charge in [0.15, 0.2) is 5.78 Å². The Bertz CT molecular complexity index is 558. The molecule has 2 fully saturated rings. The molecule has 0 spiro atoms. The van der Waals surface area contributed by atoms with Gasteiger partial charge < -0.3 is 4.74 Å². The highest BCUT2D eigenvalue weighted by molar-refractivity contribution is 5.88. The number of Topliss-reactive ketones (excluding diaryl/α,β-unsaturated/α-hetero) is 1. The van der Waals surface area contributed by atoms with E-state index < -0.39 is 5.92 Å². The lowest BCUT2D eigenvalue weighted by molar-refractivity contribution is -0.120. The van der Waals surface area contributed by atoms with Crippen LogP contribution >= 0.6 is 0 Å². The first-order chi connectivity index (χ1) is 10.2. The third kappa shape index (κ3) is 2.81. The van der Waals surface area contributed by atoms with Crippen LogP contribution in [0.5, 0.6) is 5.75 Å². The maximum atomic E-state index is 12.5. The molecule has 0 radical (unpaired) electrons. The van der Waals surface area contributed by atoms with Crippen molar-refractivity contribution in [2.75, 3.05) is 7.11 Å². The van der Waals surface area contributed by atoms with E-state index in [1.807, 2.05) is 24.3 Å². The van der Waals surface area contributed by atoms with Crippen LogP contribution in [0.2, 0.25) is 0 Å². The molecule has 0 saturated heterocycles. The van der Waals surface area contributed by atoms with Gasteiger partial charge in [-0.05, 0) is 54.7 Å². The zero-order chi connectivity index (χ0) is 14.8. The average Bonchev–Trinajstić information content (AvgIpc) is 3.11. The summed E-state index contributed by atoms with van der Waals surface area (Å²) in [4.78, 5) is 12.5. The third-order valence-corrected chi connectivity index (χ3v) is 5.25. The number of carbonyl (C=O) groups is 1. The highest BCUT2D eigenvalue weighted by Crippen LogP contribution is 2.50. The smallest absolute Gasteiger partial charge is 0.154 e. The van der Waals surface area contributed by atoms with Crippen molar-refractivity contribution in [1.82, 2.24) is 0 Å². The number of rotatable bonds is 5. The molecule has 21 heavy (non-hydrogen) atoms. The predicted octanol–water partition coefficient (Wildman–Crippen LogP) is 3.70. The van der Waals surface area contributed by atoms with E-state index in [1.54, 1.807) is 7.11 Å². The molecule has 0 aromatic heterocycles. The summed E-state index contributed by atoms with van der Waals surface area (Å²) in [5.41, 5.74) is 0.784. The first-order valence-electron chi connectivity index (χ1n) is 7.77. The molecule has 110 valence electrons. The molecule has 0 heterocycles. The van der Waals surface area contributed by atoms with Crippen LogP contribution in [-0.4, -0.2) is 12.9 Å². The number of ether oxygens (including phenoxy) is 1. The zero-order valence-electron chi connectivity index (χ0n) is 12.4. The number of ketones is 1. The number of nitrogens with zero attached hydrogens (tertiary/aromatic N) is 1. The Morgan fingerprint density at radius 1 is 1.33 bits per heavy atom. The van der Waals surface area contributed by atoms with Gasteiger partial charge in [-0.15, -0.1) is 0 Å². The molecule has 0 N–H and O–H groups in total. The fraction of sp³-hybridized carbons (Fsp3) is 0.556. The van der Waals surface area contributed by atoms with Crippen LogP contribution in [0.4, 0.5) is 0 Å². The second-order valence-corrected chi connectivity index (χ2v) is 6.44. The van der Waals surface area contributed by atoms with Crippen molar-refractivity contribution in [1.29, 1.82) is 5.26 Å². The van der Waals surface area contributed by atoms with E-state index in [-0.39, 0.29) is 5.78 Å². The van der Waals surface area contributed by atoms with Gasteiger partial charge in [0, 0.05) is 6.42 Å². The van der Waals surface area contributed by atoms with Crippen molar-refractivity contribution in [2.24, 2.45) is 17.8 Å². The number of fused-ring (bicyclic) bond motifs is 2. The van der Waals surface area contributed by atoms with Gasteiger partial charge in [-0.3, -0.25) is 4.79 Å². The summed E-state index contributed by atoms with van der Waals surface area (Å²) in [6, 6.07) is 9.45. The summed E-state index contributed by atoms with van der Waals surface area (Å²) in [5, 5.41) is 9.38. The molecule has 0 amide bonds. The average molecular weight is 283 g/mol. The predicted molar refractivity (Wildman–Crippen MR) is 79.9 cm³/mol. The zero-order valence-corrected chi connectivity index (χ0v) is 12.4. The SMILES string of the molecule is COc1ccc(C(C#N)C(=O)CC2CC3CCC2C3)cc1. The number of carbonyl (C=O) groups excluding carboxylic acids is 1. The van der Waals surface area contributed by atoms with Crippen molar-refractivity contribution in [3.63, 3.8) is 0 Å². The van der Waals surface area contributed by atoms with Gasteiger partial charge in [-0.25, -0.2) is 0 Å². The lowest BCUT2D eigenvalue weighted by Gasteiger charge is -2.21. The largest absolute Gasteiger partial charge is 0.497 e. The summed E-state index contributed by atoms with van der Waals surface area (Å²) in [6.45, 7) is 0. The first kappa shape index (κ1) is 14.1. The summed E-state index contributed by atoms with van der Waals surface area (Å²) in [5.74, 6) is 2.29. The molecule has 4 atom stereocenters. The number of nitriles is 1. The third-order valence-electron chi connectivity index (χ3n) is 5.25. The molecule has 4 unspecified atom stereocenters. The molecule has 2 aliphatic carbocycles. The van der Waals surface area contributed by atoms with E-state index >= 15 is 0 Å². The van der Waals surface area contributed by atoms with E-state index in [9.17, 15) is 10.1 Å². The molecule has 1 aromatic rings. The maximum absolute atomic E-state index is 12.5. The summed E-state index contributed by atoms with van der Waals surface area (Å²) in [6.07, 6.45) is 5.69. The van der Waals surface area contributed by atoms with E-state index in [1.165, 1.54) is 25.7 Å². The Labute approximate surface area is 125 Å². The second kappa shape index (κ2) is 5.89. The maximum Gasteiger partial charge on any atom is 0.154 e.